The lowest BCUT2D eigenvalue weighted by molar-refractivity contribution is -0.142. The lowest BCUT2D eigenvalue weighted by Gasteiger charge is -2.10. The molecule has 1 rings (SSSR count). The summed E-state index contributed by atoms with van der Waals surface area (Å²) in [6.07, 6.45) is 1.85. The van der Waals surface area contributed by atoms with Crippen LogP contribution in [0.5, 0.6) is 0 Å². The van der Waals surface area contributed by atoms with Crippen molar-refractivity contribution in [2.24, 2.45) is 5.73 Å². The Kier molecular flexibility index (Phi) is 5.86. The Morgan fingerprint density at radius 3 is 2.62 bits per heavy atom. The third-order valence-electron chi connectivity index (χ3n) is 2.39. The fourth-order valence-corrected chi connectivity index (χ4v) is 1.60. The molecule has 1 atom stereocenters. The summed E-state index contributed by atoms with van der Waals surface area (Å²) in [6, 6.07) is 2.42. The molecule has 6 nitrogen and oxygen atoms in total. The van der Waals surface area contributed by atoms with Crippen LogP contribution in [0.1, 0.15) is 12.0 Å². The van der Waals surface area contributed by atoms with Crippen molar-refractivity contribution in [1.82, 2.24) is 5.32 Å². The van der Waals surface area contributed by atoms with Gasteiger partial charge in [-0.05, 0) is 23.8 Å². The standard InChI is InChI=1S/C13H12ClFN2O4/c14-8-5-7(1-3-9(8)15)2-4-12(19)17-10(13(20)21)6-11(16)18/h1-5,10H,6H2,(H2,16,18)(H,17,19)(H,20,21)/b4-2+/t10-/m1/s1. The number of primary amides is 1. The van der Waals surface area contributed by atoms with Crippen LogP contribution in [0, 0.1) is 5.82 Å². The summed E-state index contributed by atoms with van der Waals surface area (Å²) in [6.45, 7) is 0. The Morgan fingerprint density at radius 2 is 2.10 bits per heavy atom. The summed E-state index contributed by atoms with van der Waals surface area (Å²) in [7, 11) is 0. The van der Waals surface area contributed by atoms with Gasteiger partial charge in [0.2, 0.25) is 11.8 Å². The summed E-state index contributed by atoms with van der Waals surface area (Å²) in [5.41, 5.74) is 5.34. The fourth-order valence-electron chi connectivity index (χ4n) is 1.41. The molecule has 1 aromatic carbocycles. The van der Waals surface area contributed by atoms with Gasteiger partial charge in [0.25, 0.3) is 0 Å². The molecule has 8 heteroatoms. The van der Waals surface area contributed by atoms with Crippen molar-refractivity contribution in [2.75, 3.05) is 0 Å². The van der Waals surface area contributed by atoms with E-state index in [9.17, 15) is 18.8 Å². The Labute approximate surface area is 124 Å². The number of carbonyl (C=O) groups is 3. The predicted octanol–water partition coefficient (Wildman–Crippen LogP) is 0.937. The van der Waals surface area contributed by atoms with Gasteiger partial charge < -0.3 is 16.2 Å². The first kappa shape index (κ1) is 16.6. The van der Waals surface area contributed by atoms with Gasteiger partial charge in [-0.1, -0.05) is 17.7 Å². The Bertz CT molecular complexity index is 604. The number of carbonyl (C=O) groups excluding carboxylic acids is 2. The quantitative estimate of drug-likeness (QED) is 0.679. The van der Waals surface area contributed by atoms with E-state index >= 15 is 0 Å². The molecular weight excluding hydrogens is 303 g/mol. The van der Waals surface area contributed by atoms with Gasteiger partial charge in [-0.25, -0.2) is 9.18 Å². The molecule has 0 aliphatic carbocycles. The zero-order chi connectivity index (χ0) is 16.0. The smallest absolute Gasteiger partial charge is 0.326 e. The number of amides is 2. The highest BCUT2D eigenvalue weighted by Crippen LogP contribution is 2.16. The van der Waals surface area contributed by atoms with Crippen molar-refractivity contribution in [2.45, 2.75) is 12.5 Å². The number of carboxylic acids is 1. The third-order valence-corrected chi connectivity index (χ3v) is 2.68. The van der Waals surface area contributed by atoms with Gasteiger partial charge in [0.05, 0.1) is 11.4 Å². The number of nitrogens with two attached hydrogens (primary N) is 1. The van der Waals surface area contributed by atoms with Crippen molar-refractivity contribution < 1.29 is 23.9 Å². The Hall–Kier alpha value is -2.41. The van der Waals surface area contributed by atoms with Crippen LogP contribution in [0.25, 0.3) is 6.08 Å². The highest BCUT2D eigenvalue weighted by molar-refractivity contribution is 6.30. The second-order valence-corrected chi connectivity index (χ2v) is 4.48. The molecule has 1 aromatic rings. The van der Waals surface area contributed by atoms with E-state index in [-0.39, 0.29) is 5.02 Å². The first-order valence-electron chi connectivity index (χ1n) is 5.74. The zero-order valence-corrected chi connectivity index (χ0v) is 11.4. The second-order valence-electron chi connectivity index (χ2n) is 4.08. The highest BCUT2D eigenvalue weighted by Gasteiger charge is 2.20. The van der Waals surface area contributed by atoms with Gasteiger partial charge in [-0.15, -0.1) is 0 Å². The molecule has 0 spiro atoms. The van der Waals surface area contributed by atoms with Crippen LogP contribution in [0.15, 0.2) is 24.3 Å². The largest absolute Gasteiger partial charge is 0.480 e. The zero-order valence-electron chi connectivity index (χ0n) is 10.7. The molecule has 0 saturated heterocycles. The number of hydrogen-bond donors (Lipinski definition) is 3. The van der Waals surface area contributed by atoms with Crippen LogP contribution in [-0.4, -0.2) is 28.9 Å². The molecule has 4 N–H and O–H groups in total. The van der Waals surface area contributed by atoms with Crippen molar-refractivity contribution >= 4 is 35.5 Å². The van der Waals surface area contributed by atoms with Crippen LogP contribution in [0.3, 0.4) is 0 Å². The summed E-state index contributed by atoms with van der Waals surface area (Å²) < 4.78 is 12.9. The molecule has 0 aromatic heterocycles. The van der Waals surface area contributed by atoms with E-state index in [1.165, 1.54) is 18.2 Å². The molecule has 0 heterocycles. The number of benzene rings is 1. The lowest BCUT2D eigenvalue weighted by atomic mass is 10.2. The summed E-state index contributed by atoms with van der Waals surface area (Å²) in [4.78, 5) is 33.0. The first-order valence-corrected chi connectivity index (χ1v) is 6.12. The lowest BCUT2D eigenvalue weighted by Crippen LogP contribution is -2.42. The maximum absolute atomic E-state index is 12.9. The average Bonchev–Trinajstić information content (AvgIpc) is 2.38. The summed E-state index contributed by atoms with van der Waals surface area (Å²) >= 11 is 5.57. The maximum atomic E-state index is 12.9. The minimum atomic E-state index is -1.41. The van der Waals surface area contributed by atoms with Gasteiger partial charge in [0, 0.05) is 6.08 Å². The normalized spacial score (nSPS) is 12.1. The molecule has 0 unspecified atom stereocenters. The SMILES string of the molecule is NC(=O)C[C@@H](NC(=O)/C=C/c1ccc(F)c(Cl)c1)C(=O)O. The van der Waals surface area contributed by atoms with Gasteiger partial charge >= 0.3 is 5.97 Å². The van der Waals surface area contributed by atoms with Gasteiger partial charge in [0.15, 0.2) is 0 Å². The minimum absolute atomic E-state index is 0.102. The molecule has 21 heavy (non-hydrogen) atoms. The first-order chi connectivity index (χ1) is 9.79. The van der Waals surface area contributed by atoms with Crippen LogP contribution in [0.2, 0.25) is 5.02 Å². The van der Waals surface area contributed by atoms with Crippen molar-refractivity contribution in [3.63, 3.8) is 0 Å². The maximum Gasteiger partial charge on any atom is 0.326 e. The van der Waals surface area contributed by atoms with E-state index in [2.05, 4.69) is 5.32 Å². The molecule has 2 amide bonds. The number of rotatable bonds is 6. The van der Waals surface area contributed by atoms with E-state index in [0.29, 0.717) is 5.56 Å². The van der Waals surface area contributed by atoms with E-state index in [4.69, 9.17) is 22.4 Å². The van der Waals surface area contributed by atoms with Gasteiger partial charge in [-0.2, -0.15) is 0 Å². The number of halogens is 2. The van der Waals surface area contributed by atoms with Crippen LogP contribution in [-0.2, 0) is 14.4 Å². The number of nitrogens with one attached hydrogen (secondary N) is 1. The van der Waals surface area contributed by atoms with Crippen molar-refractivity contribution in [1.29, 1.82) is 0 Å². The molecule has 0 aliphatic rings. The monoisotopic (exact) mass is 314 g/mol. The summed E-state index contributed by atoms with van der Waals surface area (Å²) in [5, 5.41) is 10.8. The Balaban J connectivity index is 2.70. The topological polar surface area (TPSA) is 109 Å². The number of aliphatic carboxylic acids is 1. The number of hydrogen-bond acceptors (Lipinski definition) is 3. The molecule has 0 aliphatic heterocycles. The predicted molar refractivity (Wildman–Crippen MR) is 73.8 cm³/mol. The molecule has 0 saturated carbocycles. The van der Waals surface area contributed by atoms with Crippen LogP contribution >= 0.6 is 11.6 Å². The van der Waals surface area contributed by atoms with E-state index < -0.39 is 36.1 Å². The summed E-state index contributed by atoms with van der Waals surface area (Å²) in [5.74, 6) is -3.55. The van der Waals surface area contributed by atoms with Crippen molar-refractivity contribution in [3.8, 4) is 0 Å². The average molecular weight is 315 g/mol. The molecule has 0 fully saturated rings. The second kappa shape index (κ2) is 7.39. The number of carboxylic acid groups (broad SMARTS) is 1. The molecule has 0 bridgehead atoms. The molecular formula is C13H12ClFN2O4. The van der Waals surface area contributed by atoms with Gasteiger partial charge in [0.1, 0.15) is 11.9 Å². The fraction of sp³-hybridized carbons (Fsp3) is 0.154. The molecule has 112 valence electrons. The van der Waals surface area contributed by atoms with Crippen LogP contribution in [0.4, 0.5) is 4.39 Å². The Morgan fingerprint density at radius 1 is 1.43 bits per heavy atom. The van der Waals surface area contributed by atoms with E-state index in [1.807, 2.05) is 0 Å². The van der Waals surface area contributed by atoms with E-state index in [1.54, 1.807) is 0 Å². The highest BCUT2D eigenvalue weighted by atomic mass is 35.5. The van der Waals surface area contributed by atoms with Gasteiger partial charge in [-0.3, -0.25) is 9.59 Å². The van der Waals surface area contributed by atoms with Crippen LogP contribution < -0.4 is 11.1 Å². The third kappa shape index (κ3) is 5.62. The molecule has 0 radical (unpaired) electrons. The van der Waals surface area contributed by atoms with Crippen molar-refractivity contribution in [3.05, 3.63) is 40.7 Å². The van der Waals surface area contributed by atoms with E-state index in [0.717, 1.165) is 12.1 Å². The minimum Gasteiger partial charge on any atom is -0.480 e.